The third-order valence-corrected chi connectivity index (χ3v) is 6.41. The molecule has 2 aromatic rings. The van der Waals surface area contributed by atoms with Crippen LogP contribution < -0.4 is 10.6 Å². The van der Waals surface area contributed by atoms with E-state index < -0.39 is 18.1 Å². The van der Waals surface area contributed by atoms with E-state index >= 15 is 0 Å². The molecule has 0 saturated heterocycles. The Hall–Kier alpha value is -3.96. The first-order chi connectivity index (χ1) is 15.4. The van der Waals surface area contributed by atoms with Crippen molar-refractivity contribution in [1.82, 2.24) is 0 Å². The molecule has 2 heterocycles. The van der Waals surface area contributed by atoms with E-state index in [0.29, 0.717) is 11.3 Å². The van der Waals surface area contributed by atoms with Crippen LogP contribution in [0.1, 0.15) is 29.9 Å². The molecule has 2 atom stereocenters. The van der Waals surface area contributed by atoms with Crippen molar-refractivity contribution in [2.24, 2.45) is 5.73 Å². The number of rotatable bonds is 2. The Balaban J connectivity index is 1.73. The fourth-order valence-electron chi connectivity index (χ4n) is 5.07. The van der Waals surface area contributed by atoms with Gasteiger partial charge in [-0.25, -0.2) is 4.39 Å². The highest BCUT2D eigenvalue weighted by atomic mass is 19.1. The van der Waals surface area contributed by atoms with Crippen LogP contribution in [0.25, 0.3) is 0 Å². The van der Waals surface area contributed by atoms with Crippen molar-refractivity contribution in [2.75, 3.05) is 11.6 Å². The van der Waals surface area contributed by atoms with Crippen LogP contribution in [0, 0.1) is 17.1 Å². The lowest BCUT2D eigenvalue weighted by Crippen LogP contribution is -2.49. The third kappa shape index (κ3) is 2.49. The van der Waals surface area contributed by atoms with Crippen molar-refractivity contribution in [3.63, 3.8) is 0 Å². The molecule has 1 amide bonds. The minimum absolute atomic E-state index is 0.0583. The predicted molar refractivity (Wildman–Crippen MR) is 111 cm³/mol. The van der Waals surface area contributed by atoms with Gasteiger partial charge in [0.15, 0.2) is 5.78 Å². The van der Waals surface area contributed by atoms with Gasteiger partial charge in [0.05, 0.1) is 11.3 Å². The smallest absolute Gasteiger partial charge is 0.249 e. The van der Waals surface area contributed by atoms with E-state index in [2.05, 4.69) is 0 Å². The number of allylic oxidation sites excluding steroid dienone is 1. The number of Topliss-reactive ketones (excluding diaryl/α,β-unsaturated/α-hetero) is 1. The quantitative estimate of drug-likeness (QED) is 0.755. The lowest BCUT2D eigenvalue weighted by Gasteiger charge is -2.39. The van der Waals surface area contributed by atoms with Crippen LogP contribution in [-0.2, 0) is 19.7 Å². The van der Waals surface area contributed by atoms with E-state index in [0.717, 1.165) is 10.5 Å². The predicted octanol–water partition coefficient (Wildman–Crippen LogP) is 2.48. The minimum Gasteiger partial charge on any atom is -0.444 e. The van der Waals surface area contributed by atoms with E-state index in [4.69, 9.17) is 10.5 Å². The largest absolute Gasteiger partial charge is 0.444 e. The zero-order valence-electron chi connectivity index (χ0n) is 16.8. The second kappa shape index (κ2) is 7.04. The molecule has 0 saturated carbocycles. The first-order valence-corrected chi connectivity index (χ1v) is 10.1. The highest BCUT2D eigenvalue weighted by molar-refractivity contribution is 6.20. The molecule has 3 aliphatic rings. The maximum absolute atomic E-state index is 13.7. The second-order valence-electron chi connectivity index (χ2n) is 7.97. The van der Waals surface area contributed by atoms with Crippen LogP contribution in [0.5, 0.6) is 0 Å². The Kier molecular flexibility index (Phi) is 4.39. The standard InChI is InChI=1S/C24H18FN3O4/c25-15-7-5-13(6-8-15)14-9-19(30)21-20(10-14)32-22(27)17(11-26)24(21)16-3-1-2-4-18(16)28(12-29)23(24)31/h1-8,14,29H,9-10,12,27H2. The number of nitrogens with two attached hydrogens (primary N) is 1. The van der Waals surface area contributed by atoms with Gasteiger partial charge in [0, 0.05) is 18.4 Å². The Morgan fingerprint density at radius 3 is 2.59 bits per heavy atom. The van der Waals surface area contributed by atoms with Crippen molar-refractivity contribution < 1.29 is 23.8 Å². The Bertz CT molecular complexity index is 1270. The zero-order valence-corrected chi connectivity index (χ0v) is 16.8. The topological polar surface area (TPSA) is 117 Å². The first kappa shape index (κ1) is 20.0. The average Bonchev–Trinajstić information content (AvgIpc) is 3.02. The average molecular weight is 431 g/mol. The van der Waals surface area contributed by atoms with E-state index in [1.807, 2.05) is 6.07 Å². The van der Waals surface area contributed by atoms with Gasteiger partial charge >= 0.3 is 0 Å². The molecule has 0 fully saturated rings. The van der Waals surface area contributed by atoms with Crippen LogP contribution in [-0.4, -0.2) is 23.5 Å². The number of benzene rings is 2. The highest BCUT2D eigenvalue weighted by Crippen LogP contribution is 2.56. The number of nitrogens with zero attached hydrogens (tertiary/aromatic N) is 2. The molecule has 0 radical (unpaired) electrons. The summed E-state index contributed by atoms with van der Waals surface area (Å²) in [5.74, 6) is -1.69. The first-order valence-electron chi connectivity index (χ1n) is 10.1. The van der Waals surface area contributed by atoms with Gasteiger partial charge in [-0.05, 0) is 29.7 Å². The van der Waals surface area contributed by atoms with E-state index in [-0.39, 0.29) is 53.1 Å². The van der Waals surface area contributed by atoms with Crippen molar-refractivity contribution in [2.45, 2.75) is 24.2 Å². The third-order valence-electron chi connectivity index (χ3n) is 6.41. The summed E-state index contributed by atoms with van der Waals surface area (Å²) < 4.78 is 19.1. The van der Waals surface area contributed by atoms with E-state index in [9.17, 15) is 24.3 Å². The van der Waals surface area contributed by atoms with E-state index in [1.165, 1.54) is 12.1 Å². The normalized spacial score (nSPS) is 24.4. The summed E-state index contributed by atoms with van der Waals surface area (Å²) in [6.07, 6.45) is 0.311. The van der Waals surface area contributed by atoms with Gasteiger partial charge < -0.3 is 15.6 Å². The molecule has 160 valence electrons. The Labute approximate surface area is 182 Å². The Morgan fingerprint density at radius 2 is 1.91 bits per heavy atom. The van der Waals surface area contributed by atoms with E-state index in [1.54, 1.807) is 36.4 Å². The monoisotopic (exact) mass is 431 g/mol. The number of aliphatic hydroxyl groups is 1. The van der Waals surface area contributed by atoms with Gasteiger partial charge in [-0.2, -0.15) is 5.26 Å². The summed E-state index contributed by atoms with van der Waals surface area (Å²) in [4.78, 5) is 28.4. The number of fused-ring (bicyclic) bond motifs is 3. The zero-order chi connectivity index (χ0) is 22.6. The molecule has 0 aromatic heterocycles. The second-order valence-corrected chi connectivity index (χ2v) is 7.97. The van der Waals surface area contributed by atoms with Crippen LogP contribution in [0.4, 0.5) is 10.1 Å². The number of hydrogen-bond donors (Lipinski definition) is 2. The molecule has 7 nitrogen and oxygen atoms in total. The summed E-state index contributed by atoms with van der Waals surface area (Å²) >= 11 is 0. The molecular weight excluding hydrogens is 413 g/mol. The van der Waals surface area contributed by atoms with Crippen LogP contribution in [0.15, 0.2) is 71.3 Å². The fraction of sp³-hybridized carbons (Fsp3) is 0.208. The number of para-hydroxylation sites is 1. The van der Waals surface area contributed by atoms with Gasteiger partial charge in [0.2, 0.25) is 11.8 Å². The molecule has 0 bridgehead atoms. The number of halogens is 1. The van der Waals surface area contributed by atoms with Gasteiger partial charge in [-0.1, -0.05) is 30.3 Å². The lowest BCUT2D eigenvalue weighted by atomic mass is 9.63. The summed E-state index contributed by atoms with van der Waals surface area (Å²) in [5, 5.41) is 19.9. The van der Waals surface area contributed by atoms with Crippen molar-refractivity contribution in [3.05, 3.63) is 88.3 Å². The SMILES string of the molecule is N#CC1=C(N)OC2=C(C(=O)CC(c3ccc(F)cc3)C2)C12C(=O)N(CO)c1ccccc12. The van der Waals surface area contributed by atoms with Crippen LogP contribution >= 0.6 is 0 Å². The van der Waals surface area contributed by atoms with Gasteiger partial charge in [-0.3, -0.25) is 14.5 Å². The molecule has 2 aromatic carbocycles. The molecule has 1 spiro atoms. The molecule has 3 N–H and O–H groups in total. The number of nitriles is 1. The van der Waals surface area contributed by atoms with Crippen molar-refractivity contribution in [1.29, 1.82) is 5.26 Å². The number of carbonyl (C=O) groups excluding carboxylic acids is 2. The maximum atomic E-state index is 13.7. The maximum Gasteiger partial charge on any atom is 0.249 e. The number of anilines is 1. The molecule has 2 unspecified atom stereocenters. The molecule has 5 rings (SSSR count). The van der Waals surface area contributed by atoms with Gasteiger partial charge in [0.25, 0.3) is 0 Å². The Morgan fingerprint density at radius 1 is 1.19 bits per heavy atom. The van der Waals surface area contributed by atoms with Crippen molar-refractivity contribution >= 4 is 17.4 Å². The molecule has 2 aliphatic heterocycles. The molecular formula is C24H18FN3O4. The summed E-state index contributed by atoms with van der Waals surface area (Å²) in [6, 6.07) is 14.6. The molecule has 1 aliphatic carbocycles. The number of carbonyl (C=O) groups is 2. The van der Waals surface area contributed by atoms with Gasteiger partial charge in [0.1, 0.15) is 35.4 Å². The number of hydrogen-bond acceptors (Lipinski definition) is 6. The lowest BCUT2D eigenvalue weighted by molar-refractivity contribution is -0.125. The summed E-state index contributed by atoms with van der Waals surface area (Å²) in [6.45, 7) is -0.619. The van der Waals surface area contributed by atoms with Gasteiger partial charge in [-0.15, -0.1) is 0 Å². The van der Waals surface area contributed by atoms with Crippen LogP contribution in [0.3, 0.4) is 0 Å². The number of aliphatic hydroxyl groups excluding tert-OH is 1. The summed E-state index contributed by atoms with van der Waals surface area (Å²) in [7, 11) is 0. The number of amides is 1. The molecule has 32 heavy (non-hydrogen) atoms. The van der Waals surface area contributed by atoms with Crippen molar-refractivity contribution in [3.8, 4) is 6.07 Å². The van der Waals surface area contributed by atoms with Crippen LogP contribution in [0.2, 0.25) is 0 Å². The fourth-order valence-corrected chi connectivity index (χ4v) is 5.07. The number of ether oxygens (including phenoxy) is 1. The molecule has 8 heteroatoms. The highest BCUT2D eigenvalue weighted by Gasteiger charge is 2.62. The minimum atomic E-state index is -1.77. The number of ketones is 1. The summed E-state index contributed by atoms with van der Waals surface area (Å²) in [5.41, 5.74) is 5.82.